The molecule has 0 aliphatic rings. The molecule has 0 saturated carbocycles. The first-order valence-corrected chi connectivity index (χ1v) is 4.53. The maximum Gasteiger partial charge on any atom is 0.236 e. The molecule has 14 heavy (non-hydrogen) atoms. The van der Waals surface area contributed by atoms with Gasteiger partial charge in [0.25, 0.3) is 0 Å². The number of rotatable bonds is 3. The van der Waals surface area contributed by atoms with Gasteiger partial charge in [0, 0.05) is 25.4 Å². The summed E-state index contributed by atoms with van der Waals surface area (Å²) < 4.78 is 1.72. The SMILES string of the molecule is Cc1nn(C)cc1CNC(=O)[C@H](C)N. The quantitative estimate of drug-likeness (QED) is 0.696. The topological polar surface area (TPSA) is 72.9 Å². The van der Waals surface area contributed by atoms with E-state index in [1.165, 1.54) is 0 Å². The molecular weight excluding hydrogens is 180 g/mol. The van der Waals surface area contributed by atoms with Crippen molar-refractivity contribution >= 4 is 5.91 Å². The van der Waals surface area contributed by atoms with Crippen LogP contribution in [0, 0.1) is 6.92 Å². The Morgan fingerprint density at radius 1 is 1.79 bits per heavy atom. The molecule has 1 atom stereocenters. The highest BCUT2D eigenvalue weighted by molar-refractivity contribution is 5.80. The summed E-state index contributed by atoms with van der Waals surface area (Å²) in [6, 6.07) is -0.466. The van der Waals surface area contributed by atoms with Gasteiger partial charge in [0.05, 0.1) is 11.7 Å². The van der Waals surface area contributed by atoms with Gasteiger partial charge >= 0.3 is 0 Å². The van der Waals surface area contributed by atoms with Gasteiger partial charge in [-0.05, 0) is 13.8 Å². The van der Waals surface area contributed by atoms with Crippen molar-refractivity contribution < 1.29 is 4.79 Å². The van der Waals surface area contributed by atoms with Crippen LogP contribution in [0.1, 0.15) is 18.2 Å². The van der Waals surface area contributed by atoms with Gasteiger partial charge in [-0.25, -0.2) is 0 Å². The van der Waals surface area contributed by atoms with E-state index in [4.69, 9.17) is 5.73 Å². The van der Waals surface area contributed by atoms with Gasteiger partial charge in [0.15, 0.2) is 0 Å². The van der Waals surface area contributed by atoms with Gasteiger partial charge in [-0.15, -0.1) is 0 Å². The van der Waals surface area contributed by atoms with E-state index >= 15 is 0 Å². The molecule has 0 spiro atoms. The molecule has 5 nitrogen and oxygen atoms in total. The zero-order valence-electron chi connectivity index (χ0n) is 8.74. The predicted octanol–water partition coefficient (Wildman–Crippen LogP) is -0.308. The van der Waals surface area contributed by atoms with Crippen molar-refractivity contribution in [3.63, 3.8) is 0 Å². The number of aryl methyl sites for hydroxylation is 2. The molecule has 0 fully saturated rings. The van der Waals surface area contributed by atoms with Crippen molar-refractivity contribution in [3.8, 4) is 0 Å². The highest BCUT2D eigenvalue weighted by Crippen LogP contribution is 2.03. The molecular formula is C9H16N4O. The first-order valence-electron chi connectivity index (χ1n) is 4.53. The highest BCUT2D eigenvalue weighted by atomic mass is 16.2. The third-order valence-electron chi connectivity index (χ3n) is 1.98. The number of nitrogens with two attached hydrogens (primary N) is 1. The molecule has 5 heteroatoms. The second kappa shape index (κ2) is 4.23. The number of nitrogens with one attached hydrogen (secondary N) is 1. The van der Waals surface area contributed by atoms with Crippen molar-refractivity contribution in [1.82, 2.24) is 15.1 Å². The van der Waals surface area contributed by atoms with Gasteiger partial charge in [-0.2, -0.15) is 5.10 Å². The van der Waals surface area contributed by atoms with E-state index in [1.54, 1.807) is 11.6 Å². The Kier molecular flexibility index (Phi) is 3.24. The Morgan fingerprint density at radius 3 is 2.86 bits per heavy atom. The van der Waals surface area contributed by atoms with Crippen molar-refractivity contribution in [2.24, 2.45) is 12.8 Å². The normalized spacial score (nSPS) is 12.6. The number of amides is 1. The standard InChI is InChI=1S/C9H16N4O/c1-6(10)9(14)11-4-8-5-13(3)12-7(8)2/h5-6H,4,10H2,1-3H3,(H,11,14)/t6-/m0/s1. The van der Waals surface area contributed by atoms with Crippen molar-refractivity contribution in [3.05, 3.63) is 17.5 Å². The monoisotopic (exact) mass is 196 g/mol. The van der Waals surface area contributed by atoms with E-state index in [0.29, 0.717) is 6.54 Å². The number of aromatic nitrogens is 2. The number of hydrogen-bond donors (Lipinski definition) is 2. The van der Waals surface area contributed by atoms with E-state index in [1.807, 2.05) is 20.2 Å². The van der Waals surface area contributed by atoms with Gasteiger partial charge in [-0.1, -0.05) is 0 Å². The minimum atomic E-state index is -0.466. The molecule has 1 rings (SSSR count). The van der Waals surface area contributed by atoms with Crippen LogP contribution in [0.4, 0.5) is 0 Å². The summed E-state index contributed by atoms with van der Waals surface area (Å²) in [5.41, 5.74) is 7.35. The van der Waals surface area contributed by atoms with E-state index < -0.39 is 6.04 Å². The van der Waals surface area contributed by atoms with Crippen molar-refractivity contribution in [2.75, 3.05) is 0 Å². The molecule has 0 unspecified atom stereocenters. The first-order chi connectivity index (χ1) is 6.50. The molecule has 3 N–H and O–H groups in total. The van der Waals surface area contributed by atoms with Crippen LogP contribution in [0.3, 0.4) is 0 Å². The van der Waals surface area contributed by atoms with E-state index in [9.17, 15) is 4.79 Å². The fourth-order valence-electron chi connectivity index (χ4n) is 1.17. The van der Waals surface area contributed by atoms with Crippen LogP contribution in [0.5, 0.6) is 0 Å². The third-order valence-corrected chi connectivity index (χ3v) is 1.98. The second-order valence-corrected chi connectivity index (χ2v) is 3.42. The van der Waals surface area contributed by atoms with Crippen molar-refractivity contribution in [1.29, 1.82) is 0 Å². The molecule has 0 aromatic carbocycles. The minimum absolute atomic E-state index is 0.145. The molecule has 78 valence electrons. The highest BCUT2D eigenvalue weighted by Gasteiger charge is 2.08. The average Bonchev–Trinajstić information content (AvgIpc) is 2.40. The second-order valence-electron chi connectivity index (χ2n) is 3.42. The number of hydrogen-bond acceptors (Lipinski definition) is 3. The number of carbonyl (C=O) groups is 1. The van der Waals surface area contributed by atoms with Crippen LogP contribution in [0.15, 0.2) is 6.20 Å². The molecule has 1 aromatic heterocycles. The smallest absolute Gasteiger partial charge is 0.236 e. The van der Waals surface area contributed by atoms with Crippen molar-refractivity contribution in [2.45, 2.75) is 26.4 Å². The maximum atomic E-state index is 11.2. The third kappa shape index (κ3) is 2.56. The molecule has 0 bridgehead atoms. The summed E-state index contributed by atoms with van der Waals surface area (Å²) in [6.07, 6.45) is 1.89. The summed E-state index contributed by atoms with van der Waals surface area (Å²) >= 11 is 0. The Hall–Kier alpha value is -1.36. The van der Waals surface area contributed by atoms with Crippen LogP contribution in [-0.2, 0) is 18.4 Å². The lowest BCUT2D eigenvalue weighted by Crippen LogP contribution is -2.37. The molecule has 1 aromatic rings. The summed E-state index contributed by atoms with van der Waals surface area (Å²) in [7, 11) is 1.85. The number of carbonyl (C=O) groups excluding carboxylic acids is 1. The fraction of sp³-hybridized carbons (Fsp3) is 0.556. The first kappa shape index (κ1) is 10.7. The minimum Gasteiger partial charge on any atom is -0.351 e. The number of nitrogens with zero attached hydrogens (tertiary/aromatic N) is 2. The molecule has 0 aliphatic carbocycles. The Bertz CT molecular complexity index is 330. The molecule has 0 aliphatic heterocycles. The van der Waals surface area contributed by atoms with E-state index in [2.05, 4.69) is 10.4 Å². The van der Waals surface area contributed by atoms with E-state index in [0.717, 1.165) is 11.3 Å². The summed E-state index contributed by atoms with van der Waals surface area (Å²) in [5, 5.41) is 6.90. The Morgan fingerprint density at radius 2 is 2.43 bits per heavy atom. The molecule has 1 amide bonds. The van der Waals surface area contributed by atoms with E-state index in [-0.39, 0.29) is 5.91 Å². The lowest BCUT2D eigenvalue weighted by Gasteiger charge is -2.06. The van der Waals surface area contributed by atoms with Gasteiger partial charge in [-0.3, -0.25) is 9.48 Å². The van der Waals surface area contributed by atoms with Gasteiger partial charge in [0.1, 0.15) is 0 Å². The molecule has 1 heterocycles. The predicted molar refractivity (Wildman–Crippen MR) is 53.4 cm³/mol. The zero-order valence-corrected chi connectivity index (χ0v) is 8.74. The van der Waals surface area contributed by atoms with Gasteiger partial charge in [0.2, 0.25) is 5.91 Å². The lowest BCUT2D eigenvalue weighted by atomic mass is 10.2. The Balaban J connectivity index is 2.54. The summed E-state index contributed by atoms with van der Waals surface area (Å²) in [6.45, 7) is 4.05. The van der Waals surface area contributed by atoms with Gasteiger partial charge < -0.3 is 11.1 Å². The zero-order chi connectivity index (χ0) is 10.7. The van der Waals surface area contributed by atoms with Crippen LogP contribution < -0.4 is 11.1 Å². The lowest BCUT2D eigenvalue weighted by molar-refractivity contribution is -0.122. The van der Waals surface area contributed by atoms with Crippen LogP contribution in [-0.4, -0.2) is 21.7 Å². The van der Waals surface area contributed by atoms with Crippen LogP contribution >= 0.6 is 0 Å². The fourth-order valence-corrected chi connectivity index (χ4v) is 1.17. The maximum absolute atomic E-state index is 11.2. The Labute approximate surface area is 83.3 Å². The largest absolute Gasteiger partial charge is 0.351 e. The molecule has 0 radical (unpaired) electrons. The summed E-state index contributed by atoms with van der Waals surface area (Å²) in [4.78, 5) is 11.2. The van der Waals surface area contributed by atoms with Crippen LogP contribution in [0.25, 0.3) is 0 Å². The van der Waals surface area contributed by atoms with Crippen LogP contribution in [0.2, 0.25) is 0 Å². The molecule has 0 saturated heterocycles. The summed E-state index contributed by atoms with van der Waals surface area (Å²) in [5.74, 6) is -0.145. The average molecular weight is 196 g/mol.